The molecule has 2 N–H and O–H groups in total. The summed E-state index contributed by atoms with van der Waals surface area (Å²) >= 11 is 0. The molecular weight excluding hydrogens is 399 g/mol. The van der Waals surface area contributed by atoms with Gasteiger partial charge in [0, 0.05) is 5.56 Å². The van der Waals surface area contributed by atoms with E-state index in [-0.39, 0.29) is 28.9 Å². The van der Waals surface area contributed by atoms with Gasteiger partial charge >= 0.3 is 0 Å². The van der Waals surface area contributed by atoms with E-state index >= 15 is 0 Å². The molecule has 0 radical (unpaired) electrons. The molecule has 7 nitrogen and oxygen atoms in total. The zero-order valence-corrected chi connectivity index (χ0v) is 16.1. The van der Waals surface area contributed by atoms with Crippen LogP contribution in [0.5, 0.6) is 0 Å². The van der Waals surface area contributed by atoms with Gasteiger partial charge in [-0.3, -0.25) is 14.4 Å². The first-order valence-electron chi connectivity index (χ1n) is 9.51. The van der Waals surface area contributed by atoms with Gasteiger partial charge in [0.15, 0.2) is 0 Å². The number of nitrogens with one attached hydrogen (secondary N) is 2. The Labute approximate surface area is 175 Å². The Hall–Kier alpha value is -4.33. The van der Waals surface area contributed by atoms with Crippen molar-refractivity contribution in [2.45, 2.75) is 6.54 Å². The van der Waals surface area contributed by atoms with Gasteiger partial charge in [0.1, 0.15) is 11.6 Å². The Bertz CT molecular complexity index is 1330. The summed E-state index contributed by atoms with van der Waals surface area (Å²) < 4.78 is 13.2. The first-order valence-corrected chi connectivity index (χ1v) is 9.51. The number of anilines is 1. The number of imide groups is 1. The van der Waals surface area contributed by atoms with Crippen molar-refractivity contribution < 1.29 is 18.8 Å². The maximum atomic E-state index is 13.2. The molecule has 0 saturated heterocycles. The standard InChI is InChI=1S/C23H15FN4O3/c24-14-6-8-15(9-7-14)28-22(30)16-10-5-13(11-17(16)23(28)31)21(29)25-12-20-26-18-3-1-2-4-19(18)27-20/h1-11H,12H2,(H,25,29)(H,26,27). The largest absolute Gasteiger partial charge is 0.345 e. The summed E-state index contributed by atoms with van der Waals surface area (Å²) in [7, 11) is 0. The van der Waals surface area contributed by atoms with Crippen molar-refractivity contribution in [3.63, 3.8) is 0 Å². The minimum absolute atomic E-state index is 0.130. The van der Waals surface area contributed by atoms with E-state index in [2.05, 4.69) is 15.3 Å². The third-order valence-corrected chi connectivity index (χ3v) is 5.09. The van der Waals surface area contributed by atoms with Crippen molar-refractivity contribution in [2.24, 2.45) is 0 Å². The number of benzene rings is 3. The van der Waals surface area contributed by atoms with E-state index in [0.717, 1.165) is 15.9 Å². The first-order chi connectivity index (χ1) is 15.0. The smallest absolute Gasteiger partial charge is 0.266 e. The molecule has 31 heavy (non-hydrogen) atoms. The average Bonchev–Trinajstić information content (AvgIpc) is 3.31. The van der Waals surface area contributed by atoms with Crippen LogP contribution in [-0.2, 0) is 6.54 Å². The third-order valence-electron chi connectivity index (χ3n) is 5.09. The summed E-state index contributed by atoms with van der Waals surface area (Å²) in [5.41, 5.74) is 2.51. The molecule has 0 unspecified atom stereocenters. The molecule has 0 spiro atoms. The van der Waals surface area contributed by atoms with E-state index in [4.69, 9.17) is 0 Å². The maximum Gasteiger partial charge on any atom is 0.266 e. The fraction of sp³-hybridized carbons (Fsp3) is 0.0435. The van der Waals surface area contributed by atoms with Gasteiger partial charge in [-0.15, -0.1) is 0 Å². The summed E-state index contributed by atoms with van der Waals surface area (Å²) in [6.45, 7) is 0.180. The molecule has 3 amide bonds. The van der Waals surface area contributed by atoms with Gasteiger partial charge in [-0.2, -0.15) is 0 Å². The van der Waals surface area contributed by atoms with Crippen LogP contribution < -0.4 is 10.2 Å². The monoisotopic (exact) mass is 414 g/mol. The molecule has 3 aromatic carbocycles. The molecule has 0 saturated carbocycles. The topological polar surface area (TPSA) is 95.2 Å². The molecule has 5 rings (SSSR count). The summed E-state index contributed by atoms with van der Waals surface area (Å²) in [4.78, 5) is 46.6. The summed E-state index contributed by atoms with van der Waals surface area (Å²) in [6.07, 6.45) is 0. The lowest BCUT2D eigenvalue weighted by molar-refractivity contribution is 0.0923. The van der Waals surface area contributed by atoms with Gasteiger partial charge in [-0.05, 0) is 54.6 Å². The molecule has 8 heteroatoms. The van der Waals surface area contributed by atoms with Gasteiger partial charge in [-0.1, -0.05) is 12.1 Å². The number of fused-ring (bicyclic) bond motifs is 2. The number of amides is 3. The number of para-hydroxylation sites is 2. The molecule has 1 aliphatic heterocycles. The quantitative estimate of drug-likeness (QED) is 0.500. The van der Waals surface area contributed by atoms with Gasteiger partial charge in [0.05, 0.1) is 34.4 Å². The number of nitrogens with zero attached hydrogens (tertiary/aromatic N) is 2. The molecular formula is C23H15FN4O3. The van der Waals surface area contributed by atoms with Crippen molar-refractivity contribution in [1.29, 1.82) is 0 Å². The van der Waals surface area contributed by atoms with Crippen molar-refractivity contribution in [3.8, 4) is 0 Å². The first kappa shape index (κ1) is 18.7. The third kappa shape index (κ3) is 3.24. The second-order valence-electron chi connectivity index (χ2n) is 7.07. The SMILES string of the molecule is O=C(NCc1nc2ccccc2[nH]1)c1ccc2c(c1)C(=O)N(c1ccc(F)cc1)C2=O. The lowest BCUT2D eigenvalue weighted by atomic mass is 10.1. The van der Waals surface area contributed by atoms with E-state index in [1.165, 1.54) is 42.5 Å². The van der Waals surface area contributed by atoms with E-state index in [0.29, 0.717) is 5.82 Å². The average molecular weight is 414 g/mol. The van der Waals surface area contributed by atoms with E-state index in [9.17, 15) is 18.8 Å². The molecule has 0 aliphatic carbocycles. The number of hydrogen-bond donors (Lipinski definition) is 2. The number of imidazole rings is 1. The van der Waals surface area contributed by atoms with Gasteiger partial charge in [-0.25, -0.2) is 14.3 Å². The second kappa shape index (κ2) is 7.17. The number of carbonyl (C=O) groups is 3. The Morgan fingerprint density at radius 2 is 1.71 bits per heavy atom. The predicted octanol–water partition coefficient (Wildman–Crippen LogP) is 3.43. The van der Waals surface area contributed by atoms with Crippen LogP contribution in [0.1, 0.15) is 36.9 Å². The van der Waals surface area contributed by atoms with Crippen LogP contribution in [0.3, 0.4) is 0 Å². The number of H-pyrrole nitrogens is 1. The fourth-order valence-electron chi connectivity index (χ4n) is 3.56. The summed E-state index contributed by atoms with van der Waals surface area (Å²) in [5.74, 6) is -1.34. The van der Waals surface area contributed by atoms with Gasteiger partial charge in [0.2, 0.25) is 0 Å². The van der Waals surface area contributed by atoms with Crippen molar-refractivity contribution >= 4 is 34.4 Å². The highest BCUT2D eigenvalue weighted by molar-refractivity contribution is 6.34. The molecule has 0 atom stereocenters. The molecule has 1 aromatic heterocycles. The van der Waals surface area contributed by atoms with E-state index in [1.807, 2.05) is 24.3 Å². The van der Waals surface area contributed by atoms with Crippen LogP contribution >= 0.6 is 0 Å². The van der Waals surface area contributed by atoms with Crippen LogP contribution in [0, 0.1) is 5.82 Å². The van der Waals surface area contributed by atoms with Gasteiger partial charge < -0.3 is 10.3 Å². The number of halogens is 1. The Balaban J connectivity index is 1.35. The van der Waals surface area contributed by atoms with Crippen LogP contribution in [-0.4, -0.2) is 27.7 Å². The predicted molar refractivity (Wildman–Crippen MR) is 111 cm³/mol. The zero-order chi connectivity index (χ0) is 21.5. The molecule has 1 aliphatic rings. The van der Waals surface area contributed by atoms with Crippen LogP contribution in [0.2, 0.25) is 0 Å². The molecule has 4 aromatic rings. The number of rotatable bonds is 4. The van der Waals surface area contributed by atoms with Crippen molar-refractivity contribution in [3.05, 3.63) is 95.1 Å². The second-order valence-corrected chi connectivity index (χ2v) is 7.07. The normalized spacial score (nSPS) is 13.0. The highest BCUT2D eigenvalue weighted by atomic mass is 19.1. The zero-order valence-electron chi connectivity index (χ0n) is 16.1. The molecule has 0 fully saturated rings. The summed E-state index contributed by atoms with van der Waals surface area (Å²) in [5, 5.41) is 2.76. The van der Waals surface area contributed by atoms with E-state index in [1.54, 1.807) is 0 Å². The lowest BCUT2D eigenvalue weighted by Gasteiger charge is -2.13. The maximum absolute atomic E-state index is 13.2. The number of aromatic amines is 1. The summed E-state index contributed by atoms with van der Waals surface area (Å²) in [6, 6.07) is 16.9. The fourth-order valence-corrected chi connectivity index (χ4v) is 3.56. The Morgan fingerprint density at radius 1 is 0.968 bits per heavy atom. The lowest BCUT2D eigenvalue weighted by Crippen LogP contribution is -2.29. The Morgan fingerprint density at radius 3 is 2.48 bits per heavy atom. The van der Waals surface area contributed by atoms with Crippen molar-refractivity contribution in [1.82, 2.24) is 15.3 Å². The number of hydrogen-bond acceptors (Lipinski definition) is 4. The molecule has 152 valence electrons. The van der Waals surface area contributed by atoms with E-state index < -0.39 is 23.5 Å². The van der Waals surface area contributed by atoms with Crippen LogP contribution in [0.4, 0.5) is 10.1 Å². The number of carbonyl (C=O) groups excluding carboxylic acids is 3. The van der Waals surface area contributed by atoms with Crippen LogP contribution in [0.25, 0.3) is 11.0 Å². The van der Waals surface area contributed by atoms with Crippen LogP contribution in [0.15, 0.2) is 66.7 Å². The Kier molecular flexibility index (Phi) is 4.32. The minimum atomic E-state index is -0.557. The number of aromatic nitrogens is 2. The van der Waals surface area contributed by atoms with Crippen molar-refractivity contribution in [2.75, 3.05) is 4.90 Å². The molecule has 2 heterocycles. The van der Waals surface area contributed by atoms with Gasteiger partial charge in [0.25, 0.3) is 17.7 Å². The minimum Gasteiger partial charge on any atom is -0.345 e. The highest BCUT2D eigenvalue weighted by Gasteiger charge is 2.37. The highest BCUT2D eigenvalue weighted by Crippen LogP contribution is 2.29. The molecule has 0 bridgehead atoms.